The van der Waals surface area contributed by atoms with Crippen LogP contribution in [-0.4, -0.2) is 18.8 Å². The van der Waals surface area contributed by atoms with Crippen molar-refractivity contribution in [3.8, 4) is 5.75 Å². The summed E-state index contributed by atoms with van der Waals surface area (Å²) in [5, 5.41) is 0. The fourth-order valence-corrected chi connectivity index (χ4v) is 3.56. The van der Waals surface area contributed by atoms with Crippen molar-refractivity contribution in [1.82, 2.24) is 0 Å². The molecule has 0 bridgehead atoms. The summed E-state index contributed by atoms with van der Waals surface area (Å²) in [6, 6.07) is 6.59. The third-order valence-electron chi connectivity index (χ3n) is 3.78. The zero-order valence-corrected chi connectivity index (χ0v) is 12.5. The minimum Gasteiger partial charge on any atom is -0.487 e. The van der Waals surface area contributed by atoms with E-state index in [9.17, 15) is 0 Å². The summed E-state index contributed by atoms with van der Waals surface area (Å²) < 4.78 is 11.4. The van der Waals surface area contributed by atoms with Crippen LogP contribution in [0.25, 0.3) is 0 Å². The van der Waals surface area contributed by atoms with E-state index in [2.05, 4.69) is 48.0 Å². The molecule has 2 aliphatic heterocycles. The van der Waals surface area contributed by atoms with Crippen molar-refractivity contribution in [3.05, 3.63) is 29.3 Å². The SMILES string of the molecule is CC1(C)Cc2cc(C(Br)C3CCOC3)ccc2O1. The molecule has 18 heavy (non-hydrogen) atoms. The Hall–Kier alpha value is -0.540. The van der Waals surface area contributed by atoms with Gasteiger partial charge in [0.2, 0.25) is 0 Å². The van der Waals surface area contributed by atoms with Crippen molar-refractivity contribution in [2.45, 2.75) is 37.1 Å². The summed E-state index contributed by atoms with van der Waals surface area (Å²) in [6.07, 6.45) is 2.14. The summed E-state index contributed by atoms with van der Waals surface area (Å²) >= 11 is 3.83. The lowest BCUT2D eigenvalue weighted by molar-refractivity contribution is 0.138. The van der Waals surface area contributed by atoms with Crippen LogP contribution in [-0.2, 0) is 11.2 Å². The Morgan fingerprint density at radius 2 is 2.22 bits per heavy atom. The zero-order valence-electron chi connectivity index (χ0n) is 10.9. The summed E-state index contributed by atoms with van der Waals surface area (Å²) in [5.41, 5.74) is 2.63. The van der Waals surface area contributed by atoms with Crippen LogP contribution >= 0.6 is 15.9 Å². The van der Waals surface area contributed by atoms with E-state index in [1.165, 1.54) is 11.1 Å². The smallest absolute Gasteiger partial charge is 0.123 e. The molecule has 0 N–H and O–H groups in total. The normalized spacial score (nSPS) is 26.7. The number of hydrogen-bond acceptors (Lipinski definition) is 2. The average molecular weight is 311 g/mol. The van der Waals surface area contributed by atoms with Crippen LogP contribution < -0.4 is 4.74 Å². The van der Waals surface area contributed by atoms with Gasteiger partial charge in [-0.05, 0) is 37.5 Å². The lowest BCUT2D eigenvalue weighted by atomic mass is 9.95. The van der Waals surface area contributed by atoms with Crippen molar-refractivity contribution >= 4 is 15.9 Å². The van der Waals surface area contributed by atoms with Gasteiger partial charge >= 0.3 is 0 Å². The molecule has 1 aromatic rings. The molecular formula is C15H19BrO2. The molecule has 3 heteroatoms. The maximum atomic E-state index is 5.91. The van der Waals surface area contributed by atoms with Gasteiger partial charge in [-0.15, -0.1) is 0 Å². The first kappa shape index (κ1) is 12.5. The highest BCUT2D eigenvalue weighted by Gasteiger charge is 2.31. The molecule has 3 rings (SSSR count). The standard InChI is InChI=1S/C15H19BrO2/c1-15(2)8-12-7-10(3-4-13(12)18-15)14(16)11-5-6-17-9-11/h3-4,7,11,14H,5-6,8-9H2,1-2H3. The predicted octanol–water partition coefficient (Wildman–Crippen LogP) is 3.87. The molecule has 0 aliphatic carbocycles. The van der Waals surface area contributed by atoms with Crippen LogP contribution in [0.3, 0.4) is 0 Å². The second-order valence-corrected chi connectivity index (χ2v) is 6.92. The molecule has 2 nitrogen and oxygen atoms in total. The van der Waals surface area contributed by atoms with Crippen LogP contribution in [0, 0.1) is 5.92 Å². The van der Waals surface area contributed by atoms with Gasteiger partial charge in [0.25, 0.3) is 0 Å². The fraction of sp³-hybridized carbons (Fsp3) is 0.600. The summed E-state index contributed by atoms with van der Waals surface area (Å²) in [7, 11) is 0. The van der Waals surface area contributed by atoms with Crippen LogP contribution in [0.4, 0.5) is 0 Å². The largest absolute Gasteiger partial charge is 0.487 e. The quantitative estimate of drug-likeness (QED) is 0.772. The van der Waals surface area contributed by atoms with Crippen molar-refractivity contribution in [2.75, 3.05) is 13.2 Å². The number of halogens is 1. The predicted molar refractivity (Wildman–Crippen MR) is 75.4 cm³/mol. The van der Waals surface area contributed by atoms with Crippen molar-refractivity contribution in [1.29, 1.82) is 0 Å². The molecule has 2 unspecified atom stereocenters. The lowest BCUT2D eigenvalue weighted by Crippen LogP contribution is -2.24. The third kappa shape index (κ3) is 2.30. The molecule has 2 heterocycles. The molecule has 2 atom stereocenters. The van der Waals surface area contributed by atoms with Crippen LogP contribution in [0.2, 0.25) is 0 Å². The average Bonchev–Trinajstić information content (AvgIpc) is 2.91. The molecular weight excluding hydrogens is 292 g/mol. The van der Waals surface area contributed by atoms with Gasteiger partial charge in [0.15, 0.2) is 0 Å². The lowest BCUT2D eigenvalue weighted by Gasteiger charge is -2.17. The van der Waals surface area contributed by atoms with E-state index in [1.807, 2.05) is 0 Å². The molecule has 98 valence electrons. The number of ether oxygens (including phenoxy) is 2. The Balaban J connectivity index is 1.83. The molecule has 0 spiro atoms. The van der Waals surface area contributed by atoms with Gasteiger partial charge in [0.05, 0.1) is 6.61 Å². The van der Waals surface area contributed by atoms with Crippen LogP contribution in [0.15, 0.2) is 18.2 Å². The molecule has 2 aliphatic rings. The van der Waals surface area contributed by atoms with Gasteiger partial charge in [-0.1, -0.05) is 28.1 Å². The Bertz CT molecular complexity index is 450. The number of fused-ring (bicyclic) bond motifs is 1. The Kier molecular flexibility index (Phi) is 3.15. The van der Waals surface area contributed by atoms with Crippen molar-refractivity contribution < 1.29 is 9.47 Å². The Labute approximate surface area is 117 Å². The van der Waals surface area contributed by atoms with Gasteiger partial charge in [-0.3, -0.25) is 0 Å². The number of hydrogen-bond donors (Lipinski definition) is 0. The van der Waals surface area contributed by atoms with E-state index in [0.717, 1.165) is 31.8 Å². The Morgan fingerprint density at radius 1 is 1.39 bits per heavy atom. The van der Waals surface area contributed by atoms with E-state index in [1.54, 1.807) is 0 Å². The summed E-state index contributed by atoms with van der Waals surface area (Å²) in [6.45, 7) is 6.05. The Morgan fingerprint density at radius 3 is 2.94 bits per heavy atom. The highest BCUT2D eigenvalue weighted by molar-refractivity contribution is 9.09. The second-order valence-electron chi connectivity index (χ2n) is 5.93. The van der Waals surface area contributed by atoms with Crippen molar-refractivity contribution in [3.63, 3.8) is 0 Å². The molecule has 1 saturated heterocycles. The van der Waals surface area contributed by atoms with Gasteiger partial charge in [-0.25, -0.2) is 0 Å². The maximum Gasteiger partial charge on any atom is 0.123 e. The number of rotatable bonds is 2. The molecule has 0 radical (unpaired) electrons. The molecule has 1 aromatic carbocycles. The van der Waals surface area contributed by atoms with E-state index >= 15 is 0 Å². The molecule has 0 aromatic heterocycles. The first-order chi connectivity index (χ1) is 8.55. The minimum atomic E-state index is -0.0563. The monoisotopic (exact) mass is 310 g/mol. The highest BCUT2D eigenvalue weighted by atomic mass is 79.9. The summed E-state index contributed by atoms with van der Waals surface area (Å²) in [4.78, 5) is 0.397. The first-order valence-electron chi connectivity index (χ1n) is 6.59. The van der Waals surface area contributed by atoms with E-state index in [0.29, 0.717) is 10.7 Å². The minimum absolute atomic E-state index is 0.0563. The van der Waals surface area contributed by atoms with E-state index in [4.69, 9.17) is 9.47 Å². The van der Waals surface area contributed by atoms with Crippen LogP contribution in [0.1, 0.15) is 36.2 Å². The molecule has 0 amide bonds. The van der Waals surface area contributed by atoms with E-state index in [-0.39, 0.29) is 5.60 Å². The number of benzene rings is 1. The van der Waals surface area contributed by atoms with Crippen molar-refractivity contribution in [2.24, 2.45) is 5.92 Å². The molecule has 0 saturated carbocycles. The van der Waals surface area contributed by atoms with Gasteiger partial charge in [0, 0.05) is 23.8 Å². The second kappa shape index (κ2) is 4.53. The maximum absolute atomic E-state index is 5.91. The molecule has 1 fully saturated rings. The first-order valence-corrected chi connectivity index (χ1v) is 7.50. The summed E-state index contributed by atoms with van der Waals surface area (Å²) in [5.74, 6) is 1.64. The third-order valence-corrected chi connectivity index (χ3v) is 5.06. The number of alkyl halides is 1. The van der Waals surface area contributed by atoms with Gasteiger partial charge < -0.3 is 9.47 Å². The van der Waals surface area contributed by atoms with Gasteiger partial charge in [-0.2, -0.15) is 0 Å². The van der Waals surface area contributed by atoms with E-state index < -0.39 is 0 Å². The topological polar surface area (TPSA) is 18.5 Å². The highest BCUT2D eigenvalue weighted by Crippen LogP contribution is 2.41. The zero-order chi connectivity index (χ0) is 12.8. The fourth-order valence-electron chi connectivity index (χ4n) is 2.86. The van der Waals surface area contributed by atoms with Gasteiger partial charge in [0.1, 0.15) is 11.4 Å². The van der Waals surface area contributed by atoms with Crippen LogP contribution in [0.5, 0.6) is 5.75 Å².